The Bertz CT molecular complexity index is 656. The van der Waals surface area contributed by atoms with Crippen LogP contribution in [0.3, 0.4) is 0 Å². The van der Waals surface area contributed by atoms with Crippen LogP contribution in [0.15, 0.2) is 22.7 Å². The van der Waals surface area contributed by atoms with E-state index in [1.54, 1.807) is 0 Å². The van der Waals surface area contributed by atoms with Gasteiger partial charge in [0.05, 0.1) is 14.6 Å². The summed E-state index contributed by atoms with van der Waals surface area (Å²) in [6.07, 6.45) is 3.65. The van der Waals surface area contributed by atoms with Crippen LogP contribution >= 0.6 is 61.5 Å². The summed E-state index contributed by atoms with van der Waals surface area (Å²) in [5.74, 6) is 0. The molecule has 0 saturated heterocycles. The van der Waals surface area contributed by atoms with Gasteiger partial charge in [0.2, 0.25) is 0 Å². The first kappa shape index (κ1) is 15.1. The lowest BCUT2D eigenvalue weighted by molar-refractivity contribution is 0.608. The summed E-state index contributed by atoms with van der Waals surface area (Å²) in [5.41, 5.74) is 3.65. The van der Waals surface area contributed by atoms with Crippen molar-refractivity contribution in [1.29, 1.82) is 0 Å². The first-order valence-corrected chi connectivity index (χ1v) is 9.61. The van der Waals surface area contributed by atoms with E-state index in [9.17, 15) is 0 Å². The van der Waals surface area contributed by atoms with Gasteiger partial charge in [0.15, 0.2) is 0 Å². The van der Waals surface area contributed by atoms with Crippen molar-refractivity contribution >= 4 is 67.1 Å². The normalized spacial score (nSPS) is 17.9. The summed E-state index contributed by atoms with van der Waals surface area (Å²) in [6.45, 7) is 2.02. The molecule has 3 rings (SSSR count). The van der Waals surface area contributed by atoms with Gasteiger partial charge in [-0.25, -0.2) is 0 Å². The Morgan fingerprint density at radius 2 is 2.20 bits per heavy atom. The van der Waals surface area contributed by atoms with Crippen molar-refractivity contribution in [2.45, 2.75) is 32.2 Å². The van der Waals surface area contributed by atoms with Crippen LogP contribution in [0, 0.1) is 9.81 Å². The molecule has 1 aliphatic carbocycles. The Morgan fingerprint density at radius 3 is 3.00 bits per heavy atom. The molecule has 1 unspecified atom stereocenters. The number of fused-ring (bicyclic) bond motifs is 1. The van der Waals surface area contributed by atoms with Crippen molar-refractivity contribution in [3.63, 3.8) is 0 Å². The molecular formula is C15H14BrClINS. The third-order valence-electron chi connectivity index (χ3n) is 3.66. The second kappa shape index (κ2) is 6.15. The van der Waals surface area contributed by atoms with Gasteiger partial charge in [-0.05, 0) is 94.0 Å². The predicted molar refractivity (Wildman–Crippen MR) is 100 cm³/mol. The van der Waals surface area contributed by atoms with Crippen molar-refractivity contribution in [1.82, 2.24) is 0 Å². The van der Waals surface area contributed by atoms with Crippen LogP contribution in [0.25, 0.3) is 0 Å². The fourth-order valence-corrected chi connectivity index (χ4v) is 5.47. The fourth-order valence-electron chi connectivity index (χ4n) is 2.62. The van der Waals surface area contributed by atoms with Crippen LogP contribution in [0.5, 0.6) is 0 Å². The number of benzene rings is 1. The molecule has 106 valence electrons. The van der Waals surface area contributed by atoms with Gasteiger partial charge in [-0.15, -0.1) is 11.3 Å². The summed E-state index contributed by atoms with van der Waals surface area (Å²) >= 11 is 14.2. The molecule has 0 aliphatic heterocycles. The van der Waals surface area contributed by atoms with Crippen LogP contribution < -0.4 is 5.32 Å². The maximum atomic E-state index is 6.25. The number of aryl methyl sites for hydroxylation is 2. The SMILES string of the molecule is Cc1cc(Br)c(NC2CCCc3sc(I)cc32)cc1Cl. The molecule has 1 aliphatic rings. The zero-order valence-electron chi connectivity index (χ0n) is 11.0. The van der Waals surface area contributed by atoms with Crippen LogP contribution in [0.4, 0.5) is 5.69 Å². The Balaban J connectivity index is 1.91. The molecule has 1 aromatic heterocycles. The zero-order valence-corrected chi connectivity index (χ0v) is 16.3. The van der Waals surface area contributed by atoms with Gasteiger partial charge < -0.3 is 5.32 Å². The van der Waals surface area contributed by atoms with Crippen molar-refractivity contribution in [3.05, 3.63) is 46.6 Å². The Hall–Kier alpha value is 0.220. The largest absolute Gasteiger partial charge is 0.377 e. The maximum absolute atomic E-state index is 6.25. The molecule has 1 heterocycles. The summed E-state index contributed by atoms with van der Waals surface area (Å²) < 4.78 is 2.46. The van der Waals surface area contributed by atoms with E-state index in [2.05, 4.69) is 56.0 Å². The lowest BCUT2D eigenvalue weighted by Gasteiger charge is -2.25. The number of hydrogen-bond donors (Lipinski definition) is 1. The van der Waals surface area contributed by atoms with Crippen molar-refractivity contribution in [2.75, 3.05) is 5.32 Å². The van der Waals surface area contributed by atoms with E-state index in [1.165, 1.54) is 32.6 Å². The highest BCUT2D eigenvalue weighted by molar-refractivity contribution is 14.1. The van der Waals surface area contributed by atoms with Gasteiger partial charge in [-0.3, -0.25) is 0 Å². The number of nitrogens with one attached hydrogen (secondary N) is 1. The van der Waals surface area contributed by atoms with E-state index >= 15 is 0 Å². The molecule has 0 amide bonds. The topological polar surface area (TPSA) is 12.0 Å². The molecular weight excluding hydrogens is 469 g/mol. The minimum absolute atomic E-state index is 0.397. The first-order chi connectivity index (χ1) is 9.54. The number of thiophene rings is 1. The van der Waals surface area contributed by atoms with Gasteiger partial charge in [-0.1, -0.05) is 11.6 Å². The minimum Gasteiger partial charge on any atom is -0.377 e. The van der Waals surface area contributed by atoms with Crippen molar-refractivity contribution < 1.29 is 0 Å². The standard InChI is InChI=1S/C15H14BrClINS/c1-8-5-10(16)13(7-11(8)17)19-12-3-2-4-14-9(12)6-15(18)20-14/h5-7,12,19H,2-4H2,1H3. The van der Waals surface area contributed by atoms with Gasteiger partial charge in [0.1, 0.15) is 0 Å². The smallest absolute Gasteiger partial charge is 0.0660 e. The van der Waals surface area contributed by atoms with Gasteiger partial charge in [-0.2, -0.15) is 0 Å². The molecule has 1 nitrogen and oxygen atoms in total. The van der Waals surface area contributed by atoms with Crippen molar-refractivity contribution in [2.24, 2.45) is 0 Å². The highest BCUT2D eigenvalue weighted by Crippen LogP contribution is 2.40. The van der Waals surface area contributed by atoms with E-state index < -0.39 is 0 Å². The Labute approximate surface area is 150 Å². The first-order valence-electron chi connectivity index (χ1n) is 6.55. The molecule has 2 aromatic rings. The number of halogens is 3. The van der Waals surface area contributed by atoms with E-state index in [0.717, 1.165) is 20.7 Å². The Kier molecular flexibility index (Phi) is 4.65. The molecule has 20 heavy (non-hydrogen) atoms. The van der Waals surface area contributed by atoms with Crippen LogP contribution in [-0.4, -0.2) is 0 Å². The average molecular weight is 483 g/mol. The van der Waals surface area contributed by atoms with E-state index in [1.807, 2.05) is 24.3 Å². The van der Waals surface area contributed by atoms with Crippen LogP contribution in [0.2, 0.25) is 5.02 Å². The van der Waals surface area contributed by atoms with Crippen LogP contribution in [0.1, 0.15) is 34.9 Å². The molecule has 0 radical (unpaired) electrons. The molecule has 1 aromatic carbocycles. The van der Waals surface area contributed by atoms with Crippen molar-refractivity contribution in [3.8, 4) is 0 Å². The molecule has 1 N–H and O–H groups in total. The molecule has 0 bridgehead atoms. The van der Waals surface area contributed by atoms with Gasteiger partial charge >= 0.3 is 0 Å². The Morgan fingerprint density at radius 1 is 1.40 bits per heavy atom. The molecule has 5 heteroatoms. The molecule has 0 saturated carbocycles. The highest BCUT2D eigenvalue weighted by atomic mass is 127. The van der Waals surface area contributed by atoms with Crippen LogP contribution in [-0.2, 0) is 6.42 Å². The number of anilines is 1. The van der Waals surface area contributed by atoms with E-state index in [4.69, 9.17) is 11.6 Å². The van der Waals surface area contributed by atoms with Gasteiger partial charge in [0, 0.05) is 14.4 Å². The molecule has 0 spiro atoms. The lowest BCUT2D eigenvalue weighted by atomic mass is 9.94. The summed E-state index contributed by atoms with van der Waals surface area (Å²) in [5, 5.41) is 4.47. The zero-order chi connectivity index (χ0) is 14.3. The molecule has 1 atom stereocenters. The number of rotatable bonds is 2. The second-order valence-corrected chi connectivity index (χ2v) is 9.39. The fraction of sp³-hybridized carbons (Fsp3) is 0.333. The maximum Gasteiger partial charge on any atom is 0.0660 e. The monoisotopic (exact) mass is 481 g/mol. The van der Waals surface area contributed by atoms with E-state index in [-0.39, 0.29) is 0 Å². The predicted octanol–water partition coefficient (Wildman–Crippen LogP) is 6.57. The summed E-state index contributed by atoms with van der Waals surface area (Å²) in [6, 6.07) is 6.81. The third kappa shape index (κ3) is 3.03. The minimum atomic E-state index is 0.397. The average Bonchev–Trinajstić information content (AvgIpc) is 2.77. The summed E-state index contributed by atoms with van der Waals surface area (Å²) in [7, 11) is 0. The van der Waals surface area contributed by atoms with E-state index in [0.29, 0.717) is 6.04 Å². The third-order valence-corrected chi connectivity index (χ3v) is 6.70. The quantitative estimate of drug-likeness (QED) is 0.478. The summed E-state index contributed by atoms with van der Waals surface area (Å²) in [4.78, 5) is 1.53. The number of hydrogen-bond acceptors (Lipinski definition) is 2. The second-order valence-electron chi connectivity index (χ2n) is 5.10. The highest BCUT2D eigenvalue weighted by Gasteiger charge is 2.23. The molecule has 0 fully saturated rings. The lowest BCUT2D eigenvalue weighted by Crippen LogP contribution is -2.16. The van der Waals surface area contributed by atoms with Gasteiger partial charge in [0.25, 0.3) is 0 Å².